The second-order valence-electron chi connectivity index (χ2n) is 6.76. The monoisotopic (exact) mass is 335 g/mol. The average molecular weight is 335 g/mol. The van der Waals surface area contributed by atoms with E-state index in [1.54, 1.807) is 6.20 Å². The molecule has 128 valence electrons. The van der Waals surface area contributed by atoms with Crippen LogP contribution in [0.25, 0.3) is 22.2 Å². The van der Waals surface area contributed by atoms with E-state index in [-0.39, 0.29) is 5.63 Å². The number of nitrogens with one attached hydrogen (secondary N) is 1. The Morgan fingerprint density at radius 3 is 2.64 bits per heavy atom. The van der Waals surface area contributed by atoms with E-state index in [0.717, 1.165) is 24.2 Å². The van der Waals surface area contributed by atoms with Gasteiger partial charge in [0.2, 0.25) is 0 Å². The lowest BCUT2D eigenvalue weighted by Gasteiger charge is -2.37. The molecule has 2 unspecified atom stereocenters. The van der Waals surface area contributed by atoms with Crippen molar-refractivity contribution in [2.24, 2.45) is 0 Å². The molecule has 1 N–H and O–H groups in total. The van der Waals surface area contributed by atoms with E-state index >= 15 is 0 Å². The number of hydrogen-bond acceptors (Lipinski definition) is 5. The van der Waals surface area contributed by atoms with Gasteiger partial charge in [-0.1, -0.05) is 12.1 Å². The van der Waals surface area contributed by atoms with Gasteiger partial charge in [-0.05, 0) is 49.6 Å². The molecule has 3 aromatic rings. The van der Waals surface area contributed by atoms with Gasteiger partial charge in [0.15, 0.2) is 5.76 Å². The molecule has 1 fully saturated rings. The molecule has 5 nitrogen and oxygen atoms in total. The van der Waals surface area contributed by atoms with Gasteiger partial charge in [0.05, 0.1) is 5.39 Å². The highest BCUT2D eigenvalue weighted by atomic mass is 16.4. The fourth-order valence-electron chi connectivity index (χ4n) is 3.54. The molecule has 1 aromatic carbocycles. The molecular formula is C20H21N3O2. The van der Waals surface area contributed by atoms with Crippen molar-refractivity contribution >= 4 is 16.5 Å². The van der Waals surface area contributed by atoms with Crippen LogP contribution in [-0.2, 0) is 0 Å². The standard InChI is InChI=1S/C20H21N3O2/c1-13-11-23(12-14(2)22-13)16-7-6-15-9-19(18-5-3-4-8-21-18)25-20(24)17(15)10-16/h3-10,13-14,22H,11-12H2,1-2H3. The highest BCUT2D eigenvalue weighted by molar-refractivity contribution is 5.87. The lowest BCUT2D eigenvalue weighted by Crippen LogP contribution is -2.54. The van der Waals surface area contributed by atoms with Crippen LogP contribution in [0.1, 0.15) is 13.8 Å². The third-order valence-electron chi connectivity index (χ3n) is 4.59. The van der Waals surface area contributed by atoms with Crippen LogP contribution in [0.2, 0.25) is 0 Å². The summed E-state index contributed by atoms with van der Waals surface area (Å²) < 4.78 is 5.51. The van der Waals surface area contributed by atoms with Crippen LogP contribution in [0.15, 0.2) is 57.9 Å². The maximum Gasteiger partial charge on any atom is 0.344 e. The molecule has 1 aliphatic heterocycles. The van der Waals surface area contributed by atoms with Gasteiger partial charge in [0, 0.05) is 37.1 Å². The van der Waals surface area contributed by atoms with Crippen molar-refractivity contribution in [3.63, 3.8) is 0 Å². The van der Waals surface area contributed by atoms with Gasteiger partial charge in [0.25, 0.3) is 0 Å². The summed E-state index contributed by atoms with van der Waals surface area (Å²) in [5, 5.41) is 5.00. The predicted octanol–water partition coefficient (Wildman–Crippen LogP) is 3.04. The van der Waals surface area contributed by atoms with E-state index in [1.807, 2.05) is 36.4 Å². The van der Waals surface area contributed by atoms with E-state index in [1.165, 1.54) is 0 Å². The first-order valence-electron chi connectivity index (χ1n) is 8.60. The maximum atomic E-state index is 12.5. The molecule has 0 amide bonds. The van der Waals surface area contributed by atoms with Crippen LogP contribution in [-0.4, -0.2) is 30.2 Å². The minimum absolute atomic E-state index is 0.323. The van der Waals surface area contributed by atoms with Crippen molar-refractivity contribution in [1.82, 2.24) is 10.3 Å². The molecule has 2 aromatic heterocycles. The Bertz CT molecular complexity index is 942. The third kappa shape index (κ3) is 3.15. The minimum Gasteiger partial charge on any atom is -0.421 e. The van der Waals surface area contributed by atoms with Crippen molar-refractivity contribution in [3.05, 3.63) is 59.1 Å². The lowest BCUT2D eigenvalue weighted by atomic mass is 10.1. The summed E-state index contributed by atoms with van der Waals surface area (Å²) in [6, 6.07) is 14.3. The minimum atomic E-state index is -0.323. The van der Waals surface area contributed by atoms with Gasteiger partial charge < -0.3 is 14.6 Å². The smallest absolute Gasteiger partial charge is 0.344 e. The van der Waals surface area contributed by atoms with Gasteiger partial charge in [-0.25, -0.2) is 4.79 Å². The average Bonchev–Trinajstić information content (AvgIpc) is 2.61. The summed E-state index contributed by atoms with van der Waals surface area (Å²) in [5.41, 5.74) is 1.40. The highest BCUT2D eigenvalue weighted by Crippen LogP contribution is 2.25. The van der Waals surface area contributed by atoms with E-state index in [0.29, 0.717) is 28.9 Å². The van der Waals surface area contributed by atoms with Gasteiger partial charge in [-0.15, -0.1) is 0 Å². The van der Waals surface area contributed by atoms with Gasteiger partial charge in [0.1, 0.15) is 5.69 Å². The number of piperazine rings is 1. The van der Waals surface area contributed by atoms with Gasteiger partial charge in [-0.3, -0.25) is 4.98 Å². The first kappa shape index (κ1) is 15.8. The van der Waals surface area contributed by atoms with Crippen molar-refractivity contribution in [2.75, 3.05) is 18.0 Å². The van der Waals surface area contributed by atoms with Crippen molar-refractivity contribution in [2.45, 2.75) is 25.9 Å². The molecule has 1 aliphatic rings. The molecule has 5 heteroatoms. The molecule has 0 spiro atoms. The fraction of sp³-hybridized carbons (Fsp3) is 0.300. The van der Waals surface area contributed by atoms with E-state index in [9.17, 15) is 4.79 Å². The summed E-state index contributed by atoms with van der Waals surface area (Å²) in [6.45, 7) is 6.20. The summed E-state index contributed by atoms with van der Waals surface area (Å²) in [6.07, 6.45) is 1.69. The number of rotatable bonds is 2. The Morgan fingerprint density at radius 2 is 1.92 bits per heavy atom. The fourth-order valence-corrected chi connectivity index (χ4v) is 3.54. The zero-order valence-corrected chi connectivity index (χ0v) is 14.4. The Hall–Kier alpha value is -2.66. The first-order chi connectivity index (χ1) is 12.1. The molecular weight excluding hydrogens is 314 g/mol. The van der Waals surface area contributed by atoms with E-state index in [2.05, 4.69) is 35.1 Å². The molecule has 0 saturated carbocycles. The number of anilines is 1. The molecule has 0 aliphatic carbocycles. The largest absolute Gasteiger partial charge is 0.421 e. The highest BCUT2D eigenvalue weighted by Gasteiger charge is 2.21. The molecule has 0 radical (unpaired) electrons. The van der Waals surface area contributed by atoms with E-state index in [4.69, 9.17) is 4.42 Å². The van der Waals surface area contributed by atoms with Crippen molar-refractivity contribution in [3.8, 4) is 11.5 Å². The van der Waals surface area contributed by atoms with Crippen LogP contribution in [0.4, 0.5) is 5.69 Å². The van der Waals surface area contributed by atoms with Crippen LogP contribution in [0, 0.1) is 0 Å². The predicted molar refractivity (Wildman–Crippen MR) is 100.0 cm³/mol. The summed E-state index contributed by atoms with van der Waals surface area (Å²) in [5.74, 6) is 0.496. The third-order valence-corrected chi connectivity index (χ3v) is 4.59. The second-order valence-corrected chi connectivity index (χ2v) is 6.76. The lowest BCUT2D eigenvalue weighted by molar-refractivity contribution is 0.407. The van der Waals surface area contributed by atoms with Crippen LogP contribution >= 0.6 is 0 Å². The Morgan fingerprint density at radius 1 is 1.12 bits per heavy atom. The van der Waals surface area contributed by atoms with Crippen LogP contribution < -0.4 is 15.8 Å². The molecule has 3 heterocycles. The molecule has 25 heavy (non-hydrogen) atoms. The zero-order chi connectivity index (χ0) is 17.4. The van der Waals surface area contributed by atoms with E-state index < -0.39 is 0 Å². The Kier molecular flexibility index (Phi) is 4.01. The molecule has 2 atom stereocenters. The van der Waals surface area contributed by atoms with Crippen molar-refractivity contribution < 1.29 is 4.42 Å². The maximum absolute atomic E-state index is 12.5. The second kappa shape index (κ2) is 6.33. The normalized spacial score (nSPS) is 20.8. The number of pyridine rings is 1. The number of hydrogen-bond donors (Lipinski definition) is 1. The molecule has 1 saturated heterocycles. The number of fused-ring (bicyclic) bond motifs is 1. The Balaban J connectivity index is 1.74. The molecule has 0 bridgehead atoms. The van der Waals surface area contributed by atoms with Gasteiger partial charge >= 0.3 is 5.63 Å². The van der Waals surface area contributed by atoms with Crippen molar-refractivity contribution in [1.29, 1.82) is 0 Å². The first-order valence-corrected chi connectivity index (χ1v) is 8.60. The number of nitrogens with zero attached hydrogens (tertiary/aromatic N) is 2. The summed E-state index contributed by atoms with van der Waals surface area (Å²) in [4.78, 5) is 19.1. The summed E-state index contributed by atoms with van der Waals surface area (Å²) in [7, 11) is 0. The topological polar surface area (TPSA) is 58.4 Å². The number of benzene rings is 1. The quantitative estimate of drug-likeness (QED) is 0.780. The summed E-state index contributed by atoms with van der Waals surface area (Å²) >= 11 is 0. The SMILES string of the molecule is CC1CN(c2ccc3cc(-c4ccccn4)oc(=O)c3c2)CC(C)N1. The molecule has 4 rings (SSSR count). The Labute approximate surface area is 146 Å². The number of aromatic nitrogens is 1. The van der Waals surface area contributed by atoms with Crippen LogP contribution in [0.3, 0.4) is 0 Å². The van der Waals surface area contributed by atoms with Gasteiger partial charge in [-0.2, -0.15) is 0 Å². The zero-order valence-electron chi connectivity index (χ0n) is 14.4. The van der Waals surface area contributed by atoms with Crippen LogP contribution in [0.5, 0.6) is 0 Å².